The van der Waals surface area contributed by atoms with Crippen molar-refractivity contribution in [3.8, 4) is 5.75 Å². The molecule has 2 aromatic rings. The fourth-order valence-corrected chi connectivity index (χ4v) is 4.89. The van der Waals surface area contributed by atoms with Crippen LogP contribution in [0.2, 0.25) is 5.02 Å². The normalized spacial score (nSPS) is 16.7. The van der Waals surface area contributed by atoms with Crippen molar-refractivity contribution < 1.29 is 17.9 Å². The molecule has 2 heterocycles. The van der Waals surface area contributed by atoms with Gasteiger partial charge in [0.1, 0.15) is 11.3 Å². The number of halogens is 1. The number of rotatable bonds is 6. The number of hydrogen-bond donors (Lipinski definition) is 1. The average Bonchev–Trinajstić information content (AvgIpc) is 2.67. The van der Waals surface area contributed by atoms with E-state index in [1.165, 1.54) is 28.8 Å². The van der Waals surface area contributed by atoms with Gasteiger partial charge in [-0.3, -0.25) is 4.90 Å². The Kier molecular flexibility index (Phi) is 6.54. The molecule has 0 bridgehead atoms. The highest BCUT2D eigenvalue weighted by Gasteiger charge is 2.29. The lowest BCUT2D eigenvalue weighted by atomic mass is 10.0. The van der Waals surface area contributed by atoms with E-state index in [4.69, 9.17) is 16.0 Å². The van der Waals surface area contributed by atoms with E-state index in [2.05, 4.69) is 0 Å². The molecule has 0 amide bonds. The summed E-state index contributed by atoms with van der Waals surface area (Å²) in [6.07, 6.45) is 1.55. The zero-order valence-electron chi connectivity index (χ0n) is 16.8. The molecule has 3 rings (SSSR count). The Hall–Kier alpha value is -1.65. The Morgan fingerprint density at radius 2 is 1.86 bits per heavy atom. The second-order valence-corrected chi connectivity index (χ2v) is 9.92. The minimum absolute atomic E-state index is 0.112. The molecule has 0 saturated carbocycles. The van der Waals surface area contributed by atoms with Crippen LogP contribution in [0, 0.1) is 0 Å². The predicted octanol–water partition coefficient (Wildman–Crippen LogP) is 2.03. The minimum atomic E-state index is -3.45. The van der Waals surface area contributed by atoms with Crippen molar-refractivity contribution in [2.24, 2.45) is 0 Å². The molecule has 160 valence electrons. The van der Waals surface area contributed by atoms with Crippen LogP contribution >= 0.6 is 11.6 Å². The summed E-state index contributed by atoms with van der Waals surface area (Å²) >= 11 is 6.26. The number of benzene rings is 1. The molecule has 10 heteroatoms. The van der Waals surface area contributed by atoms with Gasteiger partial charge >= 0.3 is 5.63 Å². The fraction of sp³-hybridized carbons (Fsp3) is 0.526. The molecule has 1 N–H and O–H groups in total. The quantitative estimate of drug-likeness (QED) is 0.686. The van der Waals surface area contributed by atoms with Crippen LogP contribution in [0.3, 0.4) is 0 Å². The van der Waals surface area contributed by atoms with Crippen molar-refractivity contribution in [2.75, 3.05) is 40.3 Å². The van der Waals surface area contributed by atoms with Crippen LogP contribution in [0.25, 0.3) is 11.0 Å². The van der Waals surface area contributed by atoms with Gasteiger partial charge in [-0.25, -0.2) is 4.79 Å². The van der Waals surface area contributed by atoms with E-state index in [9.17, 15) is 18.3 Å². The Morgan fingerprint density at radius 3 is 2.45 bits per heavy atom. The zero-order chi connectivity index (χ0) is 21.3. The van der Waals surface area contributed by atoms with Gasteiger partial charge in [-0.2, -0.15) is 17.0 Å². The van der Waals surface area contributed by atoms with E-state index in [0.29, 0.717) is 50.3 Å². The summed E-state index contributed by atoms with van der Waals surface area (Å²) in [7, 11) is -0.438. The number of nitrogens with zero attached hydrogens (tertiary/aromatic N) is 3. The van der Waals surface area contributed by atoms with Crippen LogP contribution in [0.1, 0.15) is 24.5 Å². The summed E-state index contributed by atoms with van der Waals surface area (Å²) in [5, 5.41) is 11.5. The SMILES string of the molecule is CCCc1cc(=O)oc2c(CN3CCN(S(=O)(=O)N(C)C)CC3)c(O)c(Cl)cc12. The van der Waals surface area contributed by atoms with Gasteiger partial charge in [-0.05, 0) is 18.1 Å². The van der Waals surface area contributed by atoms with E-state index < -0.39 is 15.8 Å². The fourth-order valence-electron chi connectivity index (χ4n) is 3.58. The molecule has 1 aliphatic rings. The molecule has 1 aromatic carbocycles. The molecule has 1 saturated heterocycles. The lowest BCUT2D eigenvalue weighted by Gasteiger charge is -2.35. The monoisotopic (exact) mass is 443 g/mol. The average molecular weight is 444 g/mol. The number of aryl methyl sites for hydroxylation is 1. The van der Waals surface area contributed by atoms with E-state index in [1.54, 1.807) is 6.07 Å². The molecule has 29 heavy (non-hydrogen) atoms. The predicted molar refractivity (Wildman–Crippen MR) is 113 cm³/mol. The van der Waals surface area contributed by atoms with Gasteiger partial charge in [0.25, 0.3) is 10.2 Å². The van der Waals surface area contributed by atoms with Crippen LogP contribution in [0.5, 0.6) is 5.75 Å². The van der Waals surface area contributed by atoms with Gasteiger partial charge in [-0.1, -0.05) is 24.9 Å². The Balaban J connectivity index is 1.91. The first-order valence-electron chi connectivity index (χ1n) is 9.52. The number of phenolic OH excluding ortho intramolecular Hbond substituents is 1. The molecule has 0 aliphatic carbocycles. The first-order chi connectivity index (χ1) is 13.6. The number of fused-ring (bicyclic) bond motifs is 1. The molecule has 0 radical (unpaired) electrons. The standard InChI is InChI=1S/C19H26ClN3O5S/c1-4-5-13-10-17(24)28-19-14(13)11-16(20)18(25)15(19)12-22-6-8-23(9-7-22)29(26,27)21(2)3/h10-11,25H,4-9,12H2,1-3H3. The van der Waals surface area contributed by atoms with Crippen molar-refractivity contribution in [3.05, 3.63) is 38.7 Å². The van der Waals surface area contributed by atoms with Crippen LogP contribution in [0.15, 0.2) is 21.3 Å². The van der Waals surface area contributed by atoms with Crippen molar-refractivity contribution in [2.45, 2.75) is 26.3 Å². The van der Waals surface area contributed by atoms with Crippen LogP contribution in [-0.2, 0) is 23.2 Å². The summed E-state index contributed by atoms with van der Waals surface area (Å²) in [6.45, 7) is 3.97. The lowest BCUT2D eigenvalue weighted by molar-refractivity contribution is 0.176. The van der Waals surface area contributed by atoms with Crippen molar-refractivity contribution in [3.63, 3.8) is 0 Å². The van der Waals surface area contributed by atoms with Gasteiger partial charge in [0.05, 0.1) is 10.6 Å². The molecule has 1 fully saturated rings. The van der Waals surface area contributed by atoms with Crippen molar-refractivity contribution >= 4 is 32.8 Å². The summed E-state index contributed by atoms with van der Waals surface area (Å²) in [5.41, 5.74) is 1.16. The molecule has 8 nitrogen and oxygen atoms in total. The van der Waals surface area contributed by atoms with E-state index in [1.807, 2.05) is 11.8 Å². The van der Waals surface area contributed by atoms with Gasteiger partial charge < -0.3 is 9.52 Å². The highest BCUT2D eigenvalue weighted by Crippen LogP contribution is 2.36. The minimum Gasteiger partial charge on any atom is -0.506 e. The molecule has 0 atom stereocenters. The van der Waals surface area contributed by atoms with Crippen LogP contribution < -0.4 is 5.63 Å². The largest absolute Gasteiger partial charge is 0.506 e. The van der Waals surface area contributed by atoms with Gasteiger partial charge in [-0.15, -0.1) is 0 Å². The highest BCUT2D eigenvalue weighted by molar-refractivity contribution is 7.86. The molecular weight excluding hydrogens is 418 g/mol. The topological polar surface area (TPSA) is 94.3 Å². The number of phenols is 1. The molecule has 1 aliphatic heterocycles. The first-order valence-corrected chi connectivity index (χ1v) is 11.3. The van der Waals surface area contributed by atoms with E-state index in [0.717, 1.165) is 17.4 Å². The molecule has 1 aromatic heterocycles. The Labute approximate surface area is 175 Å². The summed E-state index contributed by atoms with van der Waals surface area (Å²) in [5.74, 6) is -0.112. The van der Waals surface area contributed by atoms with Crippen LogP contribution in [0.4, 0.5) is 0 Å². The third-order valence-electron chi connectivity index (χ3n) is 5.16. The maximum atomic E-state index is 12.3. The first kappa shape index (κ1) is 22.0. The number of hydrogen-bond acceptors (Lipinski definition) is 6. The third-order valence-corrected chi connectivity index (χ3v) is 7.39. The second-order valence-electron chi connectivity index (χ2n) is 7.37. The lowest BCUT2D eigenvalue weighted by Crippen LogP contribution is -2.51. The molecule has 0 unspecified atom stereocenters. The highest BCUT2D eigenvalue weighted by atomic mass is 35.5. The molecule has 0 spiro atoms. The maximum Gasteiger partial charge on any atom is 0.336 e. The van der Waals surface area contributed by atoms with E-state index >= 15 is 0 Å². The Morgan fingerprint density at radius 1 is 1.21 bits per heavy atom. The second kappa shape index (κ2) is 8.61. The van der Waals surface area contributed by atoms with Crippen LogP contribution in [-0.4, -0.2) is 67.3 Å². The summed E-state index contributed by atoms with van der Waals surface area (Å²) < 4.78 is 32.7. The Bertz CT molecular complexity index is 1060. The van der Waals surface area contributed by atoms with E-state index in [-0.39, 0.29) is 10.8 Å². The summed E-state index contributed by atoms with van der Waals surface area (Å²) in [4.78, 5) is 14.1. The maximum absolute atomic E-state index is 12.3. The third kappa shape index (κ3) is 4.44. The summed E-state index contributed by atoms with van der Waals surface area (Å²) in [6, 6.07) is 3.10. The van der Waals surface area contributed by atoms with Gasteiger partial charge in [0.15, 0.2) is 0 Å². The van der Waals surface area contributed by atoms with Crippen molar-refractivity contribution in [1.82, 2.24) is 13.5 Å². The van der Waals surface area contributed by atoms with Gasteiger partial charge in [0.2, 0.25) is 0 Å². The smallest absolute Gasteiger partial charge is 0.336 e. The van der Waals surface area contributed by atoms with Crippen molar-refractivity contribution in [1.29, 1.82) is 0 Å². The molecular formula is C19H26ClN3O5S. The zero-order valence-corrected chi connectivity index (χ0v) is 18.4. The number of piperazine rings is 1. The van der Waals surface area contributed by atoms with Gasteiger partial charge in [0, 0.05) is 58.3 Å². The number of aromatic hydroxyl groups is 1.